The number of hydrogen-bond acceptors (Lipinski definition) is 0. The quantitative estimate of drug-likeness (QED) is 0.148. The van der Waals surface area contributed by atoms with Crippen LogP contribution in [0.3, 0.4) is 0 Å². The molecule has 0 heterocycles. The first-order valence-electron chi connectivity index (χ1n) is 11.8. The van der Waals surface area contributed by atoms with Crippen molar-refractivity contribution in [3.63, 3.8) is 0 Å². The second-order valence-electron chi connectivity index (χ2n) is 8.61. The third kappa shape index (κ3) is 5.69. The van der Waals surface area contributed by atoms with E-state index in [4.69, 9.17) is 0 Å². The van der Waals surface area contributed by atoms with E-state index in [0.29, 0.717) is 5.56 Å². The molecular formula is C31H27F3. The Labute approximate surface area is 199 Å². The van der Waals surface area contributed by atoms with Gasteiger partial charge in [-0.1, -0.05) is 86.9 Å². The number of aryl methyl sites for hydroxylation is 1. The Morgan fingerprint density at radius 3 is 1.94 bits per heavy atom. The van der Waals surface area contributed by atoms with E-state index in [-0.39, 0.29) is 10.8 Å². The molecule has 0 radical (unpaired) electrons. The summed E-state index contributed by atoms with van der Waals surface area (Å²) in [6.45, 7) is 2.24. The van der Waals surface area contributed by atoms with Crippen LogP contribution in [0.4, 0.5) is 13.2 Å². The molecule has 0 bridgehead atoms. The molecule has 0 amide bonds. The summed E-state index contributed by atoms with van der Waals surface area (Å²) in [5.41, 5.74) is 5.11. The molecule has 0 N–H and O–H groups in total. The Morgan fingerprint density at radius 2 is 1.24 bits per heavy atom. The maximum atomic E-state index is 13.9. The summed E-state index contributed by atoms with van der Waals surface area (Å²) >= 11 is 0. The highest BCUT2D eigenvalue weighted by Crippen LogP contribution is 2.24. The highest BCUT2D eigenvalue weighted by molar-refractivity contribution is 5.84. The number of fused-ring (bicyclic) bond motifs is 1. The predicted octanol–water partition coefficient (Wildman–Crippen LogP) is 8.84. The lowest BCUT2D eigenvalue weighted by atomic mass is 10.00. The summed E-state index contributed by atoms with van der Waals surface area (Å²) in [6.07, 6.45) is 7.58. The molecule has 4 rings (SSSR count). The molecule has 4 aromatic carbocycles. The normalized spacial score (nSPS) is 10.8. The average Bonchev–Trinajstić information content (AvgIpc) is 2.86. The van der Waals surface area contributed by atoms with Crippen LogP contribution in [0, 0.1) is 29.3 Å². The van der Waals surface area contributed by atoms with Gasteiger partial charge in [-0.25, -0.2) is 13.2 Å². The van der Waals surface area contributed by atoms with Crippen molar-refractivity contribution < 1.29 is 13.2 Å². The summed E-state index contributed by atoms with van der Waals surface area (Å²) < 4.78 is 40.8. The molecule has 0 aromatic heterocycles. The van der Waals surface area contributed by atoms with Gasteiger partial charge in [-0.05, 0) is 65.3 Å². The first-order chi connectivity index (χ1) is 16.5. The fourth-order valence-corrected chi connectivity index (χ4v) is 4.07. The van der Waals surface area contributed by atoms with Crippen molar-refractivity contribution in [3.05, 3.63) is 107 Å². The number of unbranched alkanes of at least 4 members (excludes halogenated alkanes) is 4. The van der Waals surface area contributed by atoms with Crippen molar-refractivity contribution in [1.29, 1.82) is 0 Å². The Morgan fingerprint density at radius 1 is 0.618 bits per heavy atom. The minimum absolute atomic E-state index is 0.0383. The smallest absolute Gasteiger partial charge is 0.195 e. The fraction of sp³-hybridized carbons (Fsp3) is 0.226. The SMILES string of the molecule is CCCCCCCc1ccc(-c2ccc(C#Cc3ccc4c(F)c(F)c(F)cc4c3)cc2)cc1. The number of hydrogen-bond donors (Lipinski definition) is 0. The summed E-state index contributed by atoms with van der Waals surface area (Å²) in [4.78, 5) is 0. The summed E-state index contributed by atoms with van der Waals surface area (Å²) in [5, 5.41) is 0.319. The molecule has 0 aliphatic heterocycles. The molecule has 0 spiro atoms. The monoisotopic (exact) mass is 456 g/mol. The third-order valence-electron chi connectivity index (χ3n) is 6.06. The van der Waals surface area contributed by atoms with E-state index in [1.54, 1.807) is 12.1 Å². The molecule has 0 saturated carbocycles. The van der Waals surface area contributed by atoms with Gasteiger partial charge in [0, 0.05) is 16.5 Å². The fourth-order valence-electron chi connectivity index (χ4n) is 4.07. The van der Waals surface area contributed by atoms with Gasteiger partial charge in [-0.15, -0.1) is 0 Å². The molecule has 0 atom stereocenters. The highest BCUT2D eigenvalue weighted by atomic mass is 19.2. The van der Waals surface area contributed by atoms with Gasteiger partial charge >= 0.3 is 0 Å². The molecule has 0 nitrogen and oxygen atoms in total. The van der Waals surface area contributed by atoms with Gasteiger partial charge < -0.3 is 0 Å². The molecule has 0 saturated heterocycles. The molecule has 34 heavy (non-hydrogen) atoms. The molecule has 4 aromatic rings. The Balaban J connectivity index is 1.42. The topological polar surface area (TPSA) is 0 Å². The summed E-state index contributed by atoms with van der Waals surface area (Å²) in [7, 11) is 0. The van der Waals surface area contributed by atoms with Crippen molar-refractivity contribution in [1.82, 2.24) is 0 Å². The van der Waals surface area contributed by atoms with E-state index in [9.17, 15) is 13.2 Å². The summed E-state index contributed by atoms with van der Waals surface area (Å²) in [6, 6.07) is 22.3. The van der Waals surface area contributed by atoms with Gasteiger partial charge in [0.15, 0.2) is 17.5 Å². The maximum absolute atomic E-state index is 13.9. The highest BCUT2D eigenvalue weighted by Gasteiger charge is 2.13. The first kappa shape index (κ1) is 23.6. The lowest BCUT2D eigenvalue weighted by Gasteiger charge is -2.05. The second kappa shape index (κ2) is 11.1. The largest absolute Gasteiger partial charge is 0.204 e. The minimum atomic E-state index is -1.46. The van der Waals surface area contributed by atoms with E-state index >= 15 is 0 Å². The molecule has 0 fully saturated rings. The zero-order chi connectivity index (χ0) is 23.9. The zero-order valence-corrected chi connectivity index (χ0v) is 19.3. The third-order valence-corrected chi connectivity index (χ3v) is 6.06. The van der Waals surface area contributed by atoms with Crippen LogP contribution in [0.15, 0.2) is 72.8 Å². The lowest BCUT2D eigenvalue weighted by Crippen LogP contribution is -1.92. The van der Waals surface area contributed by atoms with Gasteiger partial charge in [0.25, 0.3) is 0 Å². The molecular weight excluding hydrogens is 429 g/mol. The number of rotatable bonds is 7. The number of halogens is 3. The van der Waals surface area contributed by atoms with E-state index in [2.05, 4.69) is 43.0 Å². The molecule has 3 heteroatoms. The molecule has 172 valence electrons. The average molecular weight is 457 g/mol. The van der Waals surface area contributed by atoms with Gasteiger partial charge in [0.2, 0.25) is 0 Å². The molecule has 0 aliphatic carbocycles. The minimum Gasteiger partial charge on any atom is -0.204 e. The Hall–Kier alpha value is -3.51. The van der Waals surface area contributed by atoms with Crippen LogP contribution in [0.5, 0.6) is 0 Å². The van der Waals surface area contributed by atoms with E-state index in [1.165, 1.54) is 49.3 Å². The van der Waals surface area contributed by atoms with Crippen LogP contribution in [0.1, 0.15) is 55.7 Å². The van der Waals surface area contributed by atoms with Crippen LogP contribution < -0.4 is 0 Å². The van der Waals surface area contributed by atoms with Gasteiger partial charge in [0.05, 0.1) is 0 Å². The van der Waals surface area contributed by atoms with Crippen LogP contribution >= 0.6 is 0 Å². The zero-order valence-electron chi connectivity index (χ0n) is 19.3. The number of benzene rings is 4. The summed E-state index contributed by atoms with van der Waals surface area (Å²) in [5.74, 6) is 2.26. The van der Waals surface area contributed by atoms with Crippen molar-refractivity contribution >= 4 is 10.8 Å². The first-order valence-corrected chi connectivity index (χ1v) is 11.8. The Kier molecular flexibility index (Phi) is 7.70. The van der Waals surface area contributed by atoms with Crippen LogP contribution in [-0.4, -0.2) is 0 Å². The molecule has 0 aliphatic rings. The van der Waals surface area contributed by atoms with Crippen LogP contribution in [0.2, 0.25) is 0 Å². The van der Waals surface area contributed by atoms with Crippen molar-refractivity contribution in [2.45, 2.75) is 45.4 Å². The van der Waals surface area contributed by atoms with Crippen LogP contribution in [0.25, 0.3) is 21.9 Å². The predicted molar refractivity (Wildman–Crippen MR) is 134 cm³/mol. The van der Waals surface area contributed by atoms with E-state index < -0.39 is 17.5 Å². The van der Waals surface area contributed by atoms with Crippen molar-refractivity contribution in [3.8, 4) is 23.0 Å². The van der Waals surface area contributed by atoms with Gasteiger partial charge in [-0.2, -0.15) is 0 Å². The van der Waals surface area contributed by atoms with Gasteiger partial charge in [0.1, 0.15) is 0 Å². The van der Waals surface area contributed by atoms with Crippen molar-refractivity contribution in [2.24, 2.45) is 0 Å². The second-order valence-corrected chi connectivity index (χ2v) is 8.61. The lowest BCUT2D eigenvalue weighted by molar-refractivity contribution is 0.453. The Bertz CT molecular complexity index is 1320. The van der Waals surface area contributed by atoms with Crippen LogP contribution in [-0.2, 0) is 6.42 Å². The standard InChI is InChI=1S/C31H27F3/c1-2-3-4-5-6-7-22-10-15-25(16-11-22)26-17-12-23(13-18-26)8-9-24-14-19-28-27(20-24)21-29(32)31(34)30(28)33/h10-21H,2-7H2,1H3. The van der Waals surface area contributed by atoms with E-state index in [1.807, 2.05) is 24.3 Å². The maximum Gasteiger partial charge on any atom is 0.195 e. The molecule has 0 unspecified atom stereocenters. The van der Waals surface area contributed by atoms with Gasteiger partial charge in [-0.3, -0.25) is 0 Å². The van der Waals surface area contributed by atoms with Crippen molar-refractivity contribution in [2.75, 3.05) is 0 Å². The van der Waals surface area contributed by atoms with E-state index in [0.717, 1.165) is 23.6 Å².